The number of nitrogens with one attached hydrogen (secondary N) is 1. The molecule has 0 radical (unpaired) electrons. The van der Waals surface area contributed by atoms with Crippen LogP contribution in [0, 0.1) is 13.8 Å². The monoisotopic (exact) mass is 542 g/mol. The van der Waals surface area contributed by atoms with Crippen molar-refractivity contribution in [3.8, 4) is 0 Å². The van der Waals surface area contributed by atoms with Gasteiger partial charge in [-0.1, -0.05) is 120 Å². The smallest absolute Gasteiger partial charge is 0.322 e. The summed E-state index contributed by atoms with van der Waals surface area (Å²) in [5, 5.41) is 10.3. The summed E-state index contributed by atoms with van der Waals surface area (Å²) in [5.74, 6) is -0.837. The molecule has 3 aromatic rings. The molecule has 0 aliphatic carbocycles. The zero-order valence-corrected chi connectivity index (χ0v) is 25.0. The van der Waals surface area contributed by atoms with E-state index in [2.05, 4.69) is 75.7 Å². The molecule has 1 heterocycles. The molecular formula is C35H46N2O3. The summed E-state index contributed by atoms with van der Waals surface area (Å²) in [6, 6.07) is 18.0. The maximum Gasteiger partial charge on any atom is 0.322 e. The van der Waals surface area contributed by atoms with Crippen LogP contribution in [0.1, 0.15) is 72.4 Å². The number of carbonyl (C=O) groups is 2. The number of nitrogens with zero attached hydrogens (tertiary/aromatic N) is 1. The van der Waals surface area contributed by atoms with Crippen molar-refractivity contribution in [2.45, 2.75) is 54.5 Å². The maximum atomic E-state index is 13.0. The Hall–Kier alpha value is -4.38. The van der Waals surface area contributed by atoms with E-state index in [1.807, 2.05) is 74.0 Å². The fourth-order valence-electron chi connectivity index (χ4n) is 3.34. The molecule has 0 saturated carbocycles. The Kier molecular flexibility index (Phi) is 19.2. The zero-order valence-electron chi connectivity index (χ0n) is 25.0. The van der Waals surface area contributed by atoms with Crippen LogP contribution in [0.25, 0.3) is 12.2 Å². The molecular weight excluding hydrogens is 496 g/mol. The van der Waals surface area contributed by atoms with Crippen LogP contribution in [-0.4, -0.2) is 28.0 Å². The normalized spacial score (nSPS) is 9.85. The average Bonchev–Trinajstić information content (AvgIpc) is 3.41. The minimum Gasteiger partial charge on any atom is -0.480 e. The number of carboxylic acid groups (broad SMARTS) is 1. The first-order chi connectivity index (χ1) is 19.3. The van der Waals surface area contributed by atoms with E-state index in [0.29, 0.717) is 17.8 Å². The predicted molar refractivity (Wildman–Crippen MR) is 172 cm³/mol. The van der Waals surface area contributed by atoms with E-state index in [1.54, 1.807) is 6.08 Å². The summed E-state index contributed by atoms with van der Waals surface area (Å²) in [5.41, 5.74) is 5.97. The van der Waals surface area contributed by atoms with Crippen LogP contribution < -0.4 is 5.32 Å². The van der Waals surface area contributed by atoms with Crippen LogP contribution in [0.4, 0.5) is 0 Å². The molecule has 0 spiro atoms. The first-order valence-electron chi connectivity index (χ1n) is 13.7. The van der Waals surface area contributed by atoms with Crippen molar-refractivity contribution in [3.05, 3.63) is 132 Å². The summed E-state index contributed by atoms with van der Waals surface area (Å²) in [6.07, 6.45) is 14.3. The second-order valence-electron chi connectivity index (χ2n) is 8.54. The molecule has 0 aliphatic heterocycles. The van der Waals surface area contributed by atoms with Crippen molar-refractivity contribution in [1.82, 2.24) is 9.88 Å². The molecule has 1 aromatic heterocycles. The molecule has 2 N–H and O–H groups in total. The molecule has 214 valence electrons. The van der Waals surface area contributed by atoms with Gasteiger partial charge in [-0.05, 0) is 54.9 Å². The number of aliphatic carboxylic acids is 1. The fourth-order valence-corrected chi connectivity index (χ4v) is 3.34. The van der Waals surface area contributed by atoms with Crippen LogP contribution in [0.3, 0.4) is 0 Å². The van der Waals surface area contributed by atoms with E-state index in [4.69, 9.17) is 5.11 Å². The number of hydrogen-bond acceptors (Lipinski definition) is 3. The quantitative estimate of drug-likeness (QED) is 0.199. The summed E-state index contributed by atoms with van der Waals surface area (Å²) in [7, 11) is 0. The molecule has 5 nitrogen and oxygen atoms in total. The molecule has 40 heavy (non-hydrogen) atoms. The Balaban J connectivity index is 0.00000108. The molecule has 0 fully saturated rings. The Morgan fingerprint density at radius 2 is 1.68 bits per heavy atom. The summed E-state index contributed by atoms with van der Waals surface area (Å²) >= 11 is 0. The Morgan fingerprint density at radius 3 is 2.23 bits per heavy atom. The third kappa shape index (κ3) is 14.0. The highest BCUT2D eigenvalue weighted by Gasteiger charge is 2.13. The molecule has 0 bridgehead atoms. The maximum absolute atomic E-state index is 13.0. The van der Waals surface area contributed by atoms with Gasteiger partial charge in [0.05, 0.1) is 5.69 Å². The summed E-state index contributed by atoms with van der Waals surface area (Å²) < 4.78 is 1.98. The van der Waals surface area contributed by atoms with Gasteiger partial charge in [-0.25, -0.2) is 0 Å². The van der Waals surface area contributed by atoms with E-state index in [0.717, 1.165) is 11.1 Å². The van der Waals surface area contributed by atoms with Crippen LogP contribution in [-0.2, 0) is 11.3 Å². The van der Waals surface area contributed by atoms with Crippen molar-refractivity contribution >= 4 is 23.9 Å². The lowest BCUT2D eigenvalue weighted by Gasteiger charge is -2.08. The lowest BCUT2D eigenvalue weighted by Crippen LogP contribution is -2.15. The second-order valence-corrected chi connectivity index (χ2v) is 8.54. The molecule has 0 saturated heterocycles. The van der Waals surface area contributed by atoms with E-state index < -0.39 is 5.97 Å². The predicted octanol–water partition coefficient (Wildman–Crippen LogP) is 8.50. The van der Waals surface area contributed by atoms with Gasteiger partial charge in [0.1, 0.15) is 6.54 Å². The number of aryl methyl sites for hydroxylation is 2. The van der Waals surface area contributed by atoms with Gasteiger partial charge < -0.3 is 15.0 Å². The molecule has 5 heteroatoms. The Morgan fingerprint density at radius 1 is 0.975 bits per heavy atom. The van der Waals surface area contributed by atoms with Crippen LogP contribution >= 0.6 is 0 Å². The van der Waals surface area contributed by atoms with Crippen molar-refractivity contribution in [3.63, 3.8) is 0 Å². The summed E-state index contributed by atoms with van der Waals surface area (Å²) in [4.78, 5) is 22.7. The SMILES string of the molecule is C=C/C=C\c1ccc(C(=O)c2cccn2C/C=C/c2cccc(C)c2)cc1C.C=CNCC(=O)O.CC.CCC. The van der Waals surface area contributed by atoms with Gasteiger partial charge in [-0.3, -0.25) is 9.59 Å². The molecule has 0 aliphatic rings. The van der Waals surface area contributed by atoms with Crippen molar-refractivity contribution in [2.24, 2.45) is 0 Å². The van der Waals surface area contributed by atoms with Crippen molar-refractivity contribution in [2.75, 3.05) is 6.54 Å². The Labute approximate surface area is 241 Å². The third-order valence-corrected chi connectivity index (χ3v) is 5.06. The Bertz CT molecular complexity index is 1250. The lowest BCUT2D eigenvalue weighted by atomic mass is 10.0. The van der Waals surface area contributed by atoms with E-state index in [9.17, 15) is 9.59 Å². The highest BCUT2D eigenvalue weighted by atomic mass is 16.4. The van der Waals surface area contributed by atoms with Gasteiger partial charge >= 0.3 is 5.97 Å². The average molecular weight is 543 g/mol. The van der Waals surface area contributed by atoms with E-state index in [-0.39, 0.29) is 12.3 Å². The molecule has 0 atom stereocenters. The van der Waals surface area contributed by atoms with Gasteiger partial charge in [-0.2, -0.15) is 0 Å². The number of carboxylic acids is 1. The second kappa shape index (κ2) is 21.5. The standard InChI is InChI=1S/C26H25NO.C4H7NO2.C3H8.C2H6/c1-4-5-12-23-14-15-24(19-21(23)3)26(28)25-13-8-17-27(25)16-7-11-22-10-6-9-20(2)18-22;1-2-5-3-4(6)7;1-3-2;1-2/h4-15,17-19H,1,16H2,2-3H3;2,5H,1,3H2,(H,6,7);3H2,1-2H3;1-2H3/b11-7+,12-5-;;;. The number of aromatic nitrogens is 1. The number of carbonyl (C=O) groups excluding carboxylic acids is 1. The first-order valence-corrected chi connectivity index (χ1v) is 13.7. The number of hydrogen-bond donors (Lipinski definition) is 2. The number of rotatable bonds is 10. The minimum atomic E-state index is -0.875. The van der Waals surface area contributed by atoms with E-state index in [1.165, 1.54) is 23.7 Å². The molecule has 2 aromatic carbocycles. The molecule has 0 unspecified atom stereocenters. The van der Waals surface area contributed by atoms with Gasteiger partial charge in [0.2, 0.25) is 5.78 Å². The van der Waals surface area contributed by atoms with E-state index >= 15 is 0 Å². The van der Waals surface area contributed by atoms with Crippen LogP contribution in [0.15, 0.2) is 98.4 Å². The number of benzene rings is 2. The van der Waals surface area contributed by atoms with Crippen LogP contribution in [0.5, 0.6) is 0 Å². The van der Waals surface area contributed by atoms with Gasteiger partial charge in [-0.15, -0.1) is 0 Å². The van der Waals surface area contributed by atoms with Gasteiger partial charge in [0.15, 0.2) is 0 Å². The number of allylic oxidation sites excluding steroid dienone is 3. The van der Waals surface area contributed by atoms with Crippen molar-refractivity contribution < 1.29 is 14.7 Å². The van der Waals surface area contributed by atoms with Gasteiger partial charge in [0.25, 0.3) is 0 Å². The fraction of sp³-hybridized carbons (Fsp3) is 0.257. The topological polar surface area (TPSA) is 71.3 Å². The third-order valence-electron chi connectivity index (χ3n) is 5.06. The first kappa shape index (κ1) is 35.6. The number of ketones is 1. The lowest BCUT2D eigenvalue weighted by molar-refractivity contribution is -0.135. The van der Waals surface area contributed by atoms with Crippen LogP contribution in [0.2, 0.25) is 0 Å². The molecule has 0 amide bonds. The van der Waals surface area contributed by atoms with Gasteiger partial charge in [0, 0.05) is 18.3 Å². The molecule has 3 rings (SSSR count). The highest BCUT2D eigenvalue weighted by Crippen LogP contribution is 2.17. The zero-order chi connectivity index (χ0) is 30.3. The highest BCUT2D eigenvalue weighted by molar-refractivity contribution is 6.08. The van der Waals surface area contributed by atoms with Crippen molar-refractivity contribution in [1.29, 1.82) is 0 Å². The summed E-state index contributed by atoms with van der Waals surface area (Å²) in [6.45, 7) is 19.9. The largest absolute Gasteiger partial charge is 0.480 e. The minimum absolute atomic E-state index is 0.0382.